The van der Waals surface area contributed by atoms with Crippen LogP contribution in [0.1, 0.15) is 36.8 Å². The van der Waals surface area contributed by atoms with Crippen LogP contribution in [0.4, 0.5) is 5.69 Å². The molecule has 1 saturated carbocycles. The Kier molecular flexibility index (Phi) is 8.32. The van der Waals surface area contributed by atoms with E-state index in [9.17, 15) is 19.5 Å². The Morgan fingerprint density at radius 1 is 0.898 bits per heavy atom. The molecule has 254 valence electrons. The van der Waals surface area contributed by atoms with Crippen LogP contribution < -0.4 is 14.9 Å². The molecule has 0 aromatic heterocycles. The fourth-order valence-corrected chi connectivity index (χ4v) is 9.18. The van der Waals surface area contributed by atoms with Crippen LogP contribution in [0.25, 0.3) is 0 Å². The highest BCUT2D eigenvalue weighted by Gasteiger charge is 2.70. The number of rotatable bonds is 7. The molecule has 7 rings (SSSR count). The number of methoxy groups -OCH3 is 2. The zero-order chi connectivity index (χ0) is 34.9. The van der Waals surface area contributed by atoms with Crippen LogP contribution >= 0.6 is 34.8 Å². The van der Waals surface area contributed by atoms with Crippen LogP contribution in [-0.2, 0) is 24.6 Å². The standard InChI is InChI=1S/C36H32Cl3N3O7/c1-4-41-32(44)22-11-10-21-23(29(22)34(41)46)16-24-33(45)42(40-27-12-7-19(37)15-25(27)38)35(47)36(24,18-5-8-20(48-2)9-6-18)30(21)17-13-26(39)31(43)28(14-17)49-3/h5-10,12-15,22-24,29-30,40,43H,4,11,16H2,1-3H3/t22-,23+,24-,29-,30-,36+/m0/s1. The second-order valence-corrected chi connectivity index (χ2v) is 13.9. The summed E-state index contributed by atoms with van der Waals surface area (Å²) in [5.41, 5.74) is 3.43. The summed E-state index contributed by atoms with van der Waals surface area (Å²) in [6, 6.07) is 14.8. The topological polar surface area (TPSA) is 125 Å². The summed E-state index contributed by atoms with van der Waals surface area (Å²) in [6.45, 7) is 1.99. The number of nitrogens with zero attached hydrogens (tertiary/aromatic N) is 2. The highest BCUT2D eigenvalue weighted by molar-refractivity contribution is 6.36. The number of hydrogen-bond donors (Lipinski definition) is 2. The van der Waals surface area contributed by atoms with E-state index in [0.717, 1.165) is 10.6 Å². The van der Waals surface area contributed by atoms with Gasteiger partial charge in [-0.2, -0.15) is 5.01 Å². The van der Waals surface area contributed by atoms with Gasteiger partial charge in [0.05, 0.1) is 53.1 Å². The number of nitrogens with one attached hydrogen (secondary N) is 1. The van der Waals surface area contributed by atoms with Gasteiger partial charge in [-0.3, -0.25) is 29.5 Å². The molecule has 0 spiro atoms. The van der Waals surface area contributed by atoms with E-state index in [-0.39, 0.29) is 58.4 Å². The number of halogens is 3. The molecule has 6 atom stereocenters. The number of allylic oxidation sites excluding steroid dienone is 2. The molecule has 3 aromatic rings. The van der Waals surface area contributed by atoms with E-state index >= 15 is 4.79 Å². The smallest absolute Gasteiger partial charge is 0.260 e. The molecular weight excluding hydrogens is 693 g/mol. The molecule has 2 N–H and O–H groups in total. The third-order valence-corrected chi connectivity index (χ3v) is 11.4. The number of phenolic OH excluding ortho intramolecular Hbond substituents is 1. The Balaban J connectivity index is 1.50. The molecule has 4 amide bonds. The van der Waals surface area contributed by atoms with E-state index in [2.05, 4.69) is 5.43 Å². The van der Waals surface area contributed by atoms with E-state index in [1.165, 1.54) is 25.2 Å². The van der Waals surface area contributed by atoms with Crippen LogP contribution in [0, 0.1) is 23.7 Å². The van der Waals surface area contributed by atoms with Crippen LogP contribution in [0.2, 0.25) is 15.1 Å². The number of fused-ring (bicyclic) bond motifs is 4. The third kappa shape index (κ3) is 4.82. The molecule has 3 aromatic carbocycles. The maximum atomic E-state index is 15.3. The number of amides is 4. The van der Waals surface area contributed by atoms with E-state index < -0.39 is 46.8 Å². The first kappa shape index (κ1) is 33.3. The average Bonchev–Trinajstić information content (AvgIpc) is 3.47. The van der Waals surface area contributed by atoms with Gasteiger partial charge in [0.1, 0.15) is 5.75 Å². The summed E-state index contributed by atoms with van der Waals surface area (Å²) in [4.78, 5) is 58.6. The van der Waals surface area contributed by atoms with Crippen molar-refractivity contribution < 1.29 is 33.8 Å². The summed E-state index contributed by atoms with van der Waals surface area (Å²) in [6.07, 6.45) is 2.34. The lowest BCUT2D eigenvalue weighted by Gasteiger charge is -2.50. The van der Waals surface area contributed by atoms with Gasteiger partial charge in [0, 0.05) is 17.5 Å². The second kappa shape index (κ2) is 12.3. The van der Waals surface area contributed by atoms with Gasteiger partial charge >= 0.3 is 0 Å². The SMILES string of the molecule is CCN1C(=O)[C@H]2[C@H](CC=C3[C@H]2C[C@H]2C(=O)N(Nc4ccc(Cl)cc4Cl)C(=O)[C@@]2(c2ccc(OC)cc2)[C@H]3c2cc(Cl)c(O)c(OC)c2)C1=O. The van der Waals surface area contributed by atoms with Crippen molar-refractivity contribution in [2.24, 2.45) is 23.7 Å². The van der Waals surface area contributed by atoms with Crippen molar-refractivity contribution in [2.75, 3.05) is 26.2 Å². The molecule has 0 bridgehead atoms. The Bertz CT molecular complexity index is 1950. The number of hydrogen-bond acceptors (Lipinski definition) is 8. The van der Waals surface area contributed by atoms with Crippen molar-refractivity contribution in [1.29, 1.82) is 0 Å². The Labute approximate surface area is 297 Å². The van der Waals surface area contributed by atoms with Crippen molar-refractivity contribution in [3.8, 4) is 17.2 Å². The number of benzene rings is 3. The minimum absolute atomic E-state index is 0.0174. The van der Waals surface area contributed by atoms with Gasteiger partial charge < -0.3 is 14.6 Å². The highest BCUT2D eigenvalue weighted by atomic mass is 35.5. The maximum Gasteiger partial charge on any atom is 0.260 e. The number of anilines is 1. The summed E-state index contributed by atoms with van der Waals surface area (Å²) >= 11 is 19.2. The van der Waals surface area contributed by atoms with E-state index in [1.807, 2.05) is 6.08 Å². The predicted octanol–water partition coefficient (Wildman–Crippen LogP) is 6.37. The van der Waals surface area contributed by atoms with E-state index in [4.69, 9.17) is 44.3 Å². The minimum Gasteiger partial charge on any atom is -0.503 e. The summed E-state index contributed by atoms with van der Waals surface area (Å²) < 4.78 is 10.9. The first-order chi connectivity index (χ1) is 23.5. The van der Waals surface area contributed by atoms with Crippen LogP contribution in [0.5, 0.6) is 17.2 Å². The molecule has 2 heterocycles. The molecule has 4 aliphatic rings. The summed E-state index contributed by atoms with van der Waals surface area (Å²) in [7, 11) is 2.92. The van der Waals surface area contributed by atoms with E-state index in [0.29, 0.717) is 21.9 Å². The van der Waals surface area contributed by atoms with Gasteiger partial charge in [0.2, 0.25) is 11.8 Å². The molecule has 2 aliphatic carbocycles. The highest BCUT2D eigenvalue weighted by Crippen LogP contribution is 2.64. The van der Waals surface area contributed by atoms with Gasteiger partial charge in [-0.1, -0.05) is 58.6 Å². The van der Waals surface area contributed by atoms with Crippen molar-refractivity contribution in [3.63, 3.8) is 0 Å². The Hall–Kier alpha value is -4.25. The van der Waals surface area contributed by atoms with Crippen molar-refractivity contribution in [1.82, 2.24) is 9.91 Å². The first-order valence-electron chi connectivity index (χ1n) is 15.8. The molecule has 3 fully saturated rings. The van der Waals surface area contributed by atoms with Crippen molar-refractivity contribution in [3.05, 3.63) is 92.4 Å². The van der Waals surface area contributed by atoms with E-state index in [1.54, 1.807) is 55.5 Å². The maximum absolute atomic E-state index is 15.3. The Morgan fingerprint density at radius 2 is 1.63 bits per heavy atom. The van der Waals surface area contributed by atoms with Gasteiger partial charge in [0.15, 0.2) is 11.5 Å². The van der Waals surface area contributed by atoms with Gasteiger partial charge in [0.25, 0.3) is 11.8 Å². The number of imide groups is 2. The number of hydrazine groups is 1. The fourth-order valence-electron chi connectivity index (χ4n) is 8.51. The lowest BCUT2D eigenvalue weighted by Crippen LogP contribution is -2.53. The van der Waals surface area contributed by atoms with Crippen LogP contribution in [-0.4, -0.2) is 59.4 Å². The largest absolute Gasteiger partial charge is 0.503 e. The number of ether oxygens (including phenoxy) is 2. The molecule has 10 nitrogen and oxygen atoms in total. The molecule has 0 unspecified atom stereocenters. The first-order valence-corrected chi connectivity index (χ1v) is 17.0. The number of phenols is 1. The van der Waals surface area contributed by atoms with Crippen molar-refractivity contribution in [2.45, 2.75) is 31.1 Å². The quantitative estimate of drug-likeness (QED) is 0.213. The average molecular weight is 725 g/mol. The number of carbonyl (C=O) groups excluding carboxylic acids is 4. The minimum atomic E-state index is -1.58. The van der Waals surface area contributed by atoms with Crippen LogP contribution in [0.3, 0.4) is 0 Å². The molecule has 49 heavy (non-hydrogen) atoms. The summed E-state index contributed by atoms with van der Waals surface area (Å²) in [5.74, 6) is -5.00. The monoisotopic (exact) mass is 723 g/mol. The zero-order valence-electron chi connectivity index (χ0n) is 26.7. The summed E-state index contributed by atoms with van der Waals surface area (Å²) in [5, 5.41) is 12.3. The van der Waals surface area contributed by atoms with Crippen molar-refractivity contribution >= 4 is 64.1 Å². The lowest BCUT2D eigenvalue weighted by molar-refractivity contribution is -0.141. The fraction of sp³-hybridized carbons (Fsp3) is 0.333. The number of aromatic hydroxyl groups is 1. The number of likely N-dealkylation sites (tertiary alicyclic amines) is 1. The molecular formula is C36H32Cl3N3O7. The molecule has 2 saturated heterocycles. The van der Waals surface area contributed by atoms with Gasteiger partial charge in [-0.25, -0.2) is 0 Å². The predicted molar refractivity (Wildman–Crippen MR) is 183 cm³/mol. The number of carbonyl (C=O) groups is 4. The normalized spacial score (nSPS) is 27.5. The molecule has 13 heteroatoms. The zero-order valence-corrected chi connectivity index (χ0v) is 29.0. The third-order valence-electron chi connectivity index (χ3n) is 10.6. The lowest BCUT2D eigenvalue weighted by atomic mass is 9.49. The van der Waals surface area contributed by atoms with Gasteiger partial charge in [-0.05, 0) is 79.3 Å². The second-order valence-electron chi connectivity index (χ2n) is 12.7. The molecule has 0 radical (unpaired) electrons. The van der Waals surface area contributed by atoms with Gasteiger partial charge in [-0.15, -0.1) is 0 Å². The Morgan fingerprint density at radius 3 is 2.29 bits per heavy atom. The van der Waals surface area contributed by atoms with Crippen LogP contribution in [0.15, 0.2) is 66.2 Å². The molecule has 2 aliphatic heterocycles.